The minimum atomic E-state index is 0.0419. The molecule has 0 heterocycles. The Hall–Kier alpha value is -1.48. The molecular formula is C17H20BrNO. The van der Waals surface area contributed by atoms with Gasteiger partial charge in [-0.15, -0.1) is 0 Å². The molecule has 0 saturated carbocycles. The second-order valence-electron chi connectivity index (χ2n) is 5.92. The number of rotatable bonds is 3. The van der Waals surface area contributed by atoms with E-state index in [9.17, 15) is 0 Å². The average molecular weight is 334 g/mol. The SMILES string of the molecule is CC(C)(C)c1cc(Br)ccc1OCc1ccc(N)cc1. The summed E-state index contributed by atoms with van der Waals surface area (Å²) in [6, 6.07) is 13.9. The van der Waals surface area contributed by atoms with Crippen LogP contribution in [0.15, 0.2) is 46.9 Å². The molecule has 2 nitrogen and oxygen atoms in total. The van der Waals surface area contributed by atoms with Crippen molar-refractivity contribution in [1.29, 1.82) is 0 Å². The standard InChI is InChI=1S/C17H20BrNO/c1-17(2,3)15-10-13(18)6-9-16(15)20-11-12-4-7-14(19)8-5-12/h4-10H,11,19H2,1-3H3. The third-order valence-electron chi connectivity index (χ3n) is 3.12. The van der Waals surface area contributed by atoms with Crippen LogP contribution in [0.4, 0.5) is 5.69 Å². The molecule has 0 atom stereocenters. The molecule has 0 aliphatic rings. The Balaban J connectivity index is 2.19. The van der Waals surface area contributed by atoms with Crippen LogP contribution in [0, 0.1) is 0 Å². The first-order valence-electron chi connectivity index (χ1n) is 6.63. The summed E-state index contributed by atoms with van der Waals surface area (Å²) in [5.41, 5.74) is 8.81. The van der Waals surface area contributed by atoms with Crippen molar-refractivity contribution in [2.24, 2.45) is 0 Å². The molecule has 106 valence electrons. The number of ether oxygens (including phenoxy) is 1. The second kappa shape index (κ2) is 5.88. The zero-order chi connectivity index (χ0) is 14.8. The number of nitrogens with two attached hydrogens (primary N) is 1. The molecule has 0 aliphatic heterocycles. The molecule has 0 spiro atoms. The summed E-state index contributed by atoms with van der Waals surface area (Å²) in [7, 11) is 0. The van der Waals surface area contributed by atoms with E-state index in [1.54, 1.807) is 0 Å². The Bertz CT molecular complexity index is 585. The van der Waals surface area contributed by atoms with Crippen molar-refractivity contribution < 1.29 is 4.74 Å². The predicted molar refractivity (Wildman–Crippen MR) is 88.0 cm³/mol. The lowest BCUT2D eigenvalue weighted by Gasteiger charge is -2.23. The van der Waals surface area contributed by atoms with Gasteiger partial charge in [0.25, 0.3) is 0 Å². The highest BCUT2D eigenvalue weighted by Gasteiger charge is 2.19. The summed E-state index contributed by atoms with van der Waals surface area (Å²) in [6.07, 6.45) is 0. The van der Waals surface area contributed by atoms with E-state index in [4.69, 9.17) is 10.5 Å². The molecule has 2 N–H and O–H groups in total. The fourth-order valence-electron chi connectivity index (χ4n) is 1.99. The van der Waals surface area contributed by atoms with E-state index in [1.807, 2.05) is 36.4 Å². The third kappa shape index (κ3) is 3.76. The van der Waals surface area contributed by atoms with Crippen LogP contribution in [0.1, 0.15) is 31.9 Å². The maximum atomic E-state index is 5.98. The van der Waals surface area contributed by atoms with Gasteiger partial charge in [0, 0.05) is 15.7 Å². The fourth-order valence-corrected chi connectivity index (χ4v) is 2.35. The number of anilines is 1. The smallest absolute Gasteiger partial charge is 0.123 e. The molecule has 0 aliphatic carbocycles. The Morgan fingerprint density at radius 1 is 1.05 bits per heavy atom. The van der Waals surface area contributed by atoms with Gasteiger partial charge in [-0.1, -0.05) is 48.8 Å². The van der Waals surface area contributed by atoms with Gasteiger partial charge >= 0.3 is 0 Å². The van der Waals surface area contributed by atoms with E-state index >= 15 is 0 Å². The van der Waals surface area contributed by atoms with Crippen molar-refractivity contribution >= 4 is 21.6 Å². The zero-order valence-corrected chi connectivity index (χ0v) is 13.7. The minimum Gasteiger partial charge on any atom is -0.489 e. The maximum absolute atomic E-state index is 5.98. The molecular weight excluding hydrogens is 314 g/mol. The Labute approximate surface area is 129 Å². The molecule has 0 saturated heterocycles. The first-order chi connectivity index (χ1) is 9.36. The number of benzene rings is 2. The molecule has 0 amide bonds. The van der Waals surface area contributed by atoms with Crippen molar-refractivity contribution in [1.82, 2.24) is 0 Å². The number of hydrogen-bond donors (Lipinski definition) is 1. The van der Waals surface area contributed by atoms with E-state index in [2.05, 4.69) is 42.8 Å². The van der Waals surface area contributed by atoms with E-state index in [0.29, 0.717) is 6.61 Å². The topological polar surface area (TPSA) is 35.2 Å². The molecule has 0 fully saturated rings. The van der Waals surface area contributed by atoms with Gasteiger partial charge in [-0.25, -0.2) is 0 Å². The molecule has 2 rings (SSSR count). The highest BCUT2D eigenvalue weighted by Crippen LogP contribution is 2.34. The Morgan fingerprint density at radius 3 is 2.30 bits per heavy atom. The number of nitrogen functional groups attached to an aromatic ring is 1. The van der Waals surface area contributed by atoms with Crippen LogP contribution in [0.3, 0.4) is 0 Å². The summed E-state index contributed by atoms with van der Waals surface area (Å²) in [6.45, 7) is 7.10. The van der Waals surface area contributed by atoms with Crippen LogP contribution < -0.4 is 10.5 Å². The quantitative estimate of drug-likeness (QED) is 0.810. The highest BCUT2D eigenvalue weighted by atomic mass is 79.9. The normalized spacial score (nSPS) is 11.4. The molecule has 0 bridgehead atoms. The van der Waals surface area contributed by atoms with E-state index in [1.165, 1.54) is 5.56 Å². The molecule has 0 unspecified atom stereocenters. The van der Waals surface area contributed by atoms with Crippen molar-refractivity contribution in [2.75, 3.05) is 5.73 Å². The van der Waals surface area contributed by atoms with Crippen LogP contribution in [-0.4, -0.2) is 0 Å². The first-order valence-corrected chi connectivity index (χ1v) is 7.43. The van der Waals surface area contributed by atoms with Gasteiger partial charge in [0.05, 0.1) is 0 Å². The maximum Gasteiger partial charge on any atom is 0.123 e. The van der Waals surface area contributed by atoms with E-state index in [-0.39, 0.29) is 5.41 Å². The number of hydrogen-bond acceptors (Lipinski definition) is 2. The lowest BCUT2D eigenvalue weighted by Crippen LogP contribution is -2.13. The Morgan fingerprint density at radius 2 is 1.70 bits per heavy atom. The summed E-state index contributed by atoms with van der Waals surface area (Å²) in [5.74, 6) is 0.928. The van der Waals surface area contributed by atoms with Crippen molar-refractivity contribution in [3.8, 4) is 5.75 Å². The van der Waals surface area contributed by atoms with Gasteiger partial charge < -0.3 is 10.5 Å². The molecule has 0 radical (unpaired) electrons. The fraction of sp³-hybridized carbons (Fsp3) is 0.294. The highest BCUT2D eigenvalue weighted by molar-refractivity contribution is 9.10. The Kier molecular flexibility index (Phi) is 4.39. The summed E-state index contributed by atoms with van der Waals surface area (Å²) in [4.78, 5) is 0. The summed E-state index contributed by atoms with van der Waals surface area (Å²) < 4.78 is 7.05. The van der Waals surface area contributed by atoms with Crippen LogP contribution >= 0.6 is 15.9 Å². The average Bonchev–Trinajstić information content (AvgIpc) is 2.38. The van der Waals surface area contributed by atoms with Gasteiger partial charge in [0.1, 0.15) is 12.4 Å². The van der Waals surface area contributed by atoms with Crippen LogP contribution in [0.2, 0.25) is 0 Å². The first kappa shape index (κ1) is 14.9. The van der Waals surface area contributed by atoms with Crippen molar-refractivity contribution in [3.63, 3.8) is 0 Å². The minimum absolute atomic E-state index is 0.0419. The van der Waals surface area contributed by atoms with Gasteiger partial charge in [-0.05, 0) is 41.3 Å². The van der Waals surface area contributed by atoms with Crippen molar-refractivity contribution in [2.45, 2.75) is 32.8 Å². The predicted octanol–water partition coefficient (Wildman–Crippen LogP) is 4.91. The van der Waals surface area contributed by atoms with E-state index in [0.717, 1.165) is 21.5 Å². The second-order valence-corrected chi connectivity index (χ2v) is 6.84. The van der Waals surface area contributed by atoms with Crippen LogP contribution in [0.25, 0.3) is 0 Å². The lowest BCUT2D eigenvalue weighted by atomic mass is 9.86. The molecule has 20 heavy (non-hydrogen) atoms. The summed E-state index contributed by atoms with van der Waals surface area (Å²) >= 11 is 3.52. The monoisotopic (exact) mass is 333 g/mol. The lowest BCUT2D eigenvalue weighted by molar-refractivity contribution is 0.297. The third-order valence-corrected chi connectivity index (χ3v) is 3.62. The van der Waals surface area contributed by atoms with Crippen molar-refractivity contribution in [3.05, 3.63) is 58.1 Å². The van der Waals surface area contributed by atoms with Gasteiger partial charge in [0.2, 0.25) is 0 Å². The van der Waals surface area contributed by atoms with Gasteiger partial charge in [0.15, 0.2) is 0 Å². The summed E-state index contributed by atoms with van der Waals surface area (Å²) in [5, 5.41) is 0. The largest absolute Gasteiger partial charge is 0.489 e. The molecule has 3 heteroatoms. The molecule has 2 aromatic carbocycles. The molecule has 0 aromatic heterocycles. The van der Waals surface area contributed by atoms with Gasteiger partial charge in [-0.2, -0.15) is 0 Å². The zero-order valence-electron chi connectivity index (χ0n) is 12.1. The van der Waals surface area contributed by atoms with E-state index < -0.39 is 0 Å². The van der Waals surface area contributed by atoms with Gasteiger partial charge in [-0.3, -0.25) is 0 Å². The number of halogens is 1. The van der Waals surface area contributed by atoms with Crippen LogP contribution in [-0.2, 0) is 12.0 Å². The van der Waals surface area contributed by atoms with Crippen LogP contribution in [0.5, 0.6) is 5.75 Å². The molecule has 2 aromatic rings.